The molecule has 0 saturated heterocycles. The molecule has 0 amide bonds. The molecule has 0 spiro atoms. The molecule has 80 valence electrons. The lowest BCUT2D eigenvalue weighted by Crippen LogP contribution is -1.85. The molecule has 0 unspecified atom stereocenters. The van der Waals surface area contributed by atoms with E-state index >= 15 is 0 Å². The first-order valence-corrected chi connectivity index (χ1v) is 5.28. The van der Waals surface area contributed by atoms with E-state index in [9.17, 15) is 0 Å². The molecule has 0 atom stereocenters. The van der Waals surface area contributed by atoms with Crippen LogP contribution in [0.15, 0.2) is 47.3 Å². The summed E-state index contributed by atoms with van der Waals surface area (Å²) in [6.45, 7) is 2.07. The normalized spacial score (nSPS) is 11.1. The Morgan fingerprint density at radius 2 is 2.25 bits per heavy atom. The fraction of sp³-hybridized carbons (Fsp3) is 0.154. The maximum Gasteiger partial charge on any atom is 0.139 e. The molecule has 3 aromatic heterocycles. The monoisotopic (exact) mass is 212 g/mol. The zero-order chi connectivity index (χ0) is 11.0. The summed E-state index contributed by atoms with van der Waals surface area (Å²) in [5.74, 6) is 0.945. The summed E-state index contributed by atoms with van der Waals surface area (Å²) in [5, 5.41) is 0. The van der Waals surface area contributed by atoms with Crippen LogP contribution in [-0.4, -0.2) is 9.38 Å². The van der Waals surface area contributed by atoms with Gasteiger partial charge in [-0.05, 0) is 30.7 Å². The number of aryl methyl sites for hydroxylation is 1. The third-order valence-electron chi connectivity index (χ3n) is 2.66. The van der Waals surface area contributed by atoms with Gasteiger partial charge in [0.15, 0.2) is 0 Å². The summed E-state index contributed by atoms with van der Waals surface area (Å²) in [4.78, 5) is 4.59. The van der Waals surface area contributed by atoms with E-state index in [1.165, 1.54) is 5.56 Å². The third kappa shape index (κ3) is 1.50. The van der Waals surface area contributed by atoms with Gasteiger partial charge in [0, 0.05) is 18.8 Å². The van der Waals surface area contributed by atoms with Gasteiger partial charge in [0.05, 0.1) is 12.0 Å². The topological polar surface area (TPSA) is 30.4 Å². The lowest BCUT2D eigenvalue weighted by Gasteiger charge is -1.94. The average molecular weight is 212 g/mol. The van der Waals surface area contributed by atoms with Crippen LogP contribution in [0.1, 0.15) is 17.0 Å². The van der Waals surface area contributed by atoms with Crippen LogP contribution in [0, 0.1) is 6.92 Å². The number of imidazole rings is 1. The molecule has 3 aromatic rings. The Kier molecular flexibility index (Phi) is 2.03. The average Bonchev–Trinajstić information content (AvgIpc) is 2.88. The summed E-state index contributed by atoms with van der Waals surface area (Å²) in [7, 11) is 0. The number of nitrogens with zero attached hydrogens (tertiary/aromatic N) is 2. The molecule has 0 aromatic carbocycles. The van der Waals surface area contributed by atoms with Crippen LogP contribution in [-0.2, 0) is 6.42 Å². The van der Waals surface area contributed by atoms with E-state index < -0.39 is 0 Å². The molecule has 0 aliphatic rings. The van der Waals surface area contributed by atoms with E-state index in [1.807, 2.05) is 35.0 Å². The van der Waals surface area contributed by atoms with Gasteiger partial charge in [-0.3, -0.25) is 0 Å². The van der Waals surface area contributed by atoms with Gasteiger partial charge in [-0.1, -0.05) is 6.07 Å². The van der Waals surface area contributed by atoms with Gasteiger partial charge >= 0.3 is 0 Å². The largest absolute Gasteiger partial charge is 0.469 e. The standard InChI is InChI=1S/C13H12N2O/c1-10-4-2-6-15-9-11(14-13(10)15)8-12-5-3-7-16-12/h2-7,9H,8H2,1H3. The highest BCUT2D eigenvalue weighted by atomic mass is 16.3. The summed E-state index contributed by atoms with van der Waals surface area (Å²) in [5.41, 5.74) is 3.24. The Balaban J connectivity index is 2.02. The molecular weight excluding hydrogens is 200 g/mol. The van der Waals surface area contributed by atoms with Crippen molar-refractivity contribution >= 4 is 5.65 Å². The van der Waals surface area contributed by atoms with Crippen molar-refractivity contribution in [2.24, 2.45) is 0 Å². The fourth-order valence-corrected chi connectivity index (χ4v) is 1.88. The van der Waals surface area contributed by atoms with E-state index in [1.54, 1.807) is 6.26 Å². The summed E-state index contributed by atoms with van der Waals surface area (Å²) >= 11 is 0. The Morgan fingerprint density at radius 1 is 1.31 bits per heavy atom. The number of aromatic nitrogens is 2. The minimum absolute atomic E-state index is 0.744. The molecule has 3 rings (SSSR count). The molecule has 0 N–H and O–H groups in total. The predicted octanol–water partition coefficient (Wildman–Crippen LogP) is 2.83. The number of furan rings is 1. The highest BCUT2D eigenvalue weighted by Crippen LogP contribution is 2.13. The molecule has 0 radical (unpaired) electrons. The lowest BCUT2D eigenvalue weighted by atomic mass is 10.3. The first-order chi connectivity index (χ1) is 7.83. The molecule has 0 saturated carbocycles. The Hall–Kier alpha value is -2.03. The van der Waals surface area contributed by atoms with Crippen molar-refractivity contribution in [2.75, 3.05) is 0 Å². The number of hydrogen-bond acceptors (Lipinski definition) is 2. The quantitative estimate of drug-likeness (QED) is 0.654. The predicted molar refractivity (Wildman–Crippen MR) is 61.4 cm³/mol. The lowest BCUT2D eigenvalue weighted by molar-refractivity contribution is 0.519. The molecule has 0 bridgehead atoms. The van der Waals surface area contributed by atoms with Gasteiger partial charge in [0.2, 0.25) is 0 Å². The van der Waals surface area contributed by atoms with E-state index in [4.69, 9.17) is 4.42 Å². The van der Waals surface area contributed by atoms with Gasteiger partial charge in [-0.2, -0.15) is 0 Å². The van der Waals surface area contributed by atoms with Crippen LogP contribution in [0.4, 0.5) is 0 Å². The minimum atomic E-state index is 0.744. The molecule has 3 heteroatoms. The van der Waals surface area contributed by atoms with Crippen molar-refractivity contribution in [1.82, 2.24) is 9.38 Å². The molecular formula is C13H12N2O. The second kappa shape index (κ2) is 3.52. The van der Waals surface area contributed by atoms with Gasteiger partial charge in [-0.15, -0.1) is 0 Å². The molecule has 0 fully saturated rings. The maximum atomic E-state index is 5.31. The second-order valence-corrected chi connectivity index (χ2v) is 3.91. The first kappa shape index (κ1) is 9.21. The van der Waals surface area contributed by atoms with Gasteiger partial charge in [0.1, 0.15) is 11.4 Å². The van der Waals surface area contributed by atoms with Crippen molar-refractivity contribution in [2.45, 2.75) is 13.3 Å². The van der Waals surface area contributed by atoms with Gasteiger partial charge in [-0.25, -0.2) is 4.98 Å². The number of hydrogen-bond donors (Lipinski definition) is 0. The number of pyridine rings is 1. The van der Waals surface area contributed by atoms with Gasteiger partial charge < -0.3 is 8.82 Å². The molecule has 0 aliphatic carbocycles. The fourth-order valence-electron chi connectivity index (χ4n) is 1.88. The van der Waals surface area contributed by atoms with Crippen molar-refractivity contribution in [3.8, 4) is 0 Å². The second-order valence-electron chi connectivity index (χ2n) is 3.91. The van der Waals surface area contributed by atoms with Crippen LogP contribution in [0.25, 0.3) is 5.65 Å². The molecule has 3 heterocycles. The highest BCUT2D eigenvalue weighted by Gasteiger charge is 2.05. The summed E-state index contributed by atoms with van der Waals surface area (Å²) in [6, 6.07) is 7.97. The smallest absolute Gasteiger partial charge is 0.139 e. The van der Waals surface area contributed by atoms with E-state index in [-0.39, 0.29) is 0 Å². The van der Waals surface area contributed by atoms with Crippen molar-refractivity contribution in [3.05, 3.63) is 59.9 Å². The van der Waals surface area contributed by atoms with Crippen LogP contribution in [0.3, 0.4) is 0 Å². The van der Waals surface area contributed by atoms with Crippen molar-refractivity contribution in [3.63, 3.8) is 0 Å². The molecule has 3 nitrogen and oxygen atoms in total. The minimum Gasteiger partial charge on any atom is -0.469 e. The Bertz CT molecular complexity index is 608. The zero-order valence-electron chi connectivity index (χ0n) is 9.05. The van der Waals surface area contributed by atoms with Crippen LogP contribution in [0.2, 0.25) is 0 Å². The summed E-state index contributed by atoms with van der Waals surface area (Å²) in [6.07, 6.45) is 6.50. The Labute approximate surface area is 93.4 Å². The van der Waals surface area contributed by atoms with Crippen LogP contribution < -0.4 is 0 Å². The maximum absolute atomic E-state index is 5.31. The zero-order valence-corrected chi connectivity index (χ0v) is 9.05. The number of rotatable bonds is 2. The highest BCUT2D eigenvalue weighted by molar-refractivity contribution is 5.48. The number of fused-ring (bicyclic) bond motifs is 1. The first-order valence-electron chi connectivity index (χ1n) is 5.28. The van der Waals surface area contributed by atoms with Crippen molar-refractivity contribution in [1.29, 1.82) is 0 Å². The third-order valence-corrected chi connectivity index (χ3v) is 2.66. The van der Waals surface area contributed by atoms with Crippen LogP contribution in [0.5, 0.6) is 0 Å². The van der Waals surface area contributed by atoms with E-state index in [2.05, 4.69) is 18.0 Å². The molecule has 16 heavy (non-hydrogen) atoms. The van der Waals surface area contributed by atoms with Gasteiger partial charge in [0.25, 0.3) is 0 Å². The Morgan fingerprint density at radius 3 is 3.00 bits per heavy atom. The van der Waals surface area contributed by atoms with E-state index in [0.717, 1.165) is 23.5 Å². The van der Waals surface area contributed by atoms with Crippen molar-refractivity contribution < 1.29 is 4.42 Å². The summed E-state index contributed by atoms with van der Waals surface area (Å²) < 4.78 is 7.36. The van der Waals surface area contributed by atoms with E-state index in [0.29, 0.717) is 0 Å². The molecule has 0 aliphatic heterocycles. The SMILES string of the molecule is Cc1cccn2cc(Cc3ccco3)nc12. The van der Waals surface area contributed by atoms with Crippen LogP contribution >= 0.6 is 0 Å².